The van der Waals surface area contributed by atoms with Crippen LogP contribution in [-0.2, 0) is 9.53 Å². The summed E-state index contributed by atoms with van der Waals surface area (Å²) in [5, 5.41) is 0. The van der Waals surface area contributed by atoms with E-state index < -0.39 is 11.8 Å². The fraction of sp³-hybridized carbons (Fsp3) is 0.536. The highest BCUT2D eigenvalue weighted by Crippen LogP contribution is 2.52. The van der Waals surface area contributed by atoms with Gasteiger partial charge in [-0.2, -0.15) is 0 Å². The van der Waals surface area contributed by atoms with Crippen LogP contribution in [0.3, 0.4) is 0 Å². The molecule has 1 unspecified atom stereocenters. The first kappa shape index (κ1) is 25.7. The van der Waals surface area contributed by atoms with Crippen LogP contribution in [0.2, 0.25) is 0 Å². The van der Waals surface area contributed by atoms with Crippen LogP contribution in [0.25, 0.3) is 0 Å². The van der Waals surface area contributed by atoms with Crippen molar-refractivity contribution in [3.05, 3.63) is 58.2 Å². The van der Waals surface area contributed by atoms with Crippen molar-refractivity contribution < 1.29 is 18.3 Å². The van der Waals surface area contributed by atoms with Gasteiger partial charge in [0.1, 0.15) is 0 Å². The summed E-state index contributed by atoms with van der Waals surface area (Å²) in [4.78, 5) is 28.4. The molecule has 4 aliphatic heterocycles. The van der Waals surface area contributed by atoms with Crippen LogP contribution < -0.4 is 0 Å². The molecule has 0 aromatic heterocycles. The standard InChI is InChI=1S/C28H35F2N5O2/c1-33(2)11-4-14-37-25-8-6-20(16-32-25)19-5-7-22-21(15-19)26-23(17-31-22)34(3)27(36)28(26)9-12-35(13-10-28)18-24(29)30/h5,7-8,15-17,22,24H,4,6,9-14,18H2,1-3H3. The SMILES string of the molecule is CN(C)CCCOC1=CCC(=C2C=CC3N=CC4=C(C3=C2)C2(CCN(CC(F)F)CC2)C(=O)N4C)C=N1. The van der Waals surface area contributed by atoms with Gasteiger partial charge in [-0.05, 0) is 87.3 Å². The van der Waals surface area contributed by atoms with Crippen LogP contribution in [0, 0.1) is 5.41 Å². The molecule has 1 fully saturated rings. The largest absolute Gasteiger partial charge is 0.478 e. The first-order chi connectivity index (χ1) is 17.8. The smallest absolute Gasteiger partial charge is 0.251 e. The predicted molar refractivity (Wildman–Crippen MR) is 141 cm³/mol. The van der Waals surface area contributed by atoms with Gasteiger partial charge < -0.3 is 14.5 Å². The lowest BCUT2D eigenvalue weighted by molar-refractivity contribution is -0.136. The molecule has 0 radical (unpaired) electrons. The van der Waals surface area contributed by atoms with Gasteiger partial charge in [-0.25, -0.2) is 13.8 Å². The number of carbonyl (C=O) groups is 1. The molecular formula is C28H35F2N5O2. The van der Waals surface area contributed by atoms with Crippen molar-refractivity contribution in [2.45, 2.75) is 38.2 Å². The Morgan fingerprint density at radius 2 is 2.03 bits per heavy atom. The van der Waals surface area contributed by atoms with Crippen molar-refractivity contribution in [3.63, 3.8) is 0 Å². The average Bonchev–Trinajstić information content (AvgIpc) is 3.09. The van der Waals surface area contributed by atoms with E-state index in [0.29, 0.717) is 44.8 Å². The lowest BCUT2D eigenvalue weighted by atomic mass is 9.68. The van der Waals surface area contributed by atoms with E-state index in [-0.39, 0.29) is 18.5 Å². The molecule has 0 aromatic carbocycles. The Hall–Kier alpha value is -2.91. The van der Waals surface area contributed by atoms with E-state index in [2.05, 4.69) is 28.1 Å². The van der Waals surface area contributed by atoms with Crippen LogP contribution in [0.5, 0.6) is 0 Å². The molecule has 0 N–H and O–H groups in total. The third kappa shape index (κ3) is 4.99. The number of aliphatic imine (C=N–C) groups is 2. The molecule has 1 saturated heterocycles. The molecule has 198 valence electrons. The summed E-state index contributed by atoms with van der Waals surface area (Å²) in [5.74, 6) is 0.697. The van der Waals surface area contributed by atoms with Crippen molar-refractivity contribution in [3.8, 4) is 0 Å². The number of rotatable bonds is 7. The number of nitrogens with zero attached hydrogens (tertiary/aromatic N) is 5. The summed E-state index contributed by atoms with van der Waals surface area (Å²) in [6.07, 6.45) is 12.3. The molecule has 1 spiro atoms. The summed E-state index contributed by atoms with van der Waals surface area (Å²) >= 11 is 0. The van der Waals surface area contributed by atoms with Crippen molar-refractivity contribution in [1.29, 1.82) is 0 Å². The first-order valence-electron chi connectivity index (χ1n) is 13.0. The van der Waals surface area contributed by atoms with E-state index in [1.54, 1.807) is 16.8 Å². The minimum atomic E-state index is -2.37. The number of halogens is 2. The topological polar surface area (TPSA) is 60.7 Å². The summed E-state index contributed by atoms with van der Waals surface area (Å²) in [5.41, 5.74) is 4.33. The third-order valence-corrected chi connectivity index (χ3v) is 7.86. The Bertz CT molecular complexity index is 1150. The summed E-state index contributed by atoms with van der Waals surface area (Å²) in [6, 6.07) is -0.148. The minimum absolute atomic E-state index is 0.0455. The molecular weight excluding hydrogens is 476 g/mol. The Kier molecular flexibility index (Phi) is 7.27. The number of likely N-dealkylation sites (tertiary alicyclic amines) is 1. The van der Waals surface area contributed by atoms with Gasteiger partial charge in [-0.1, -0.05) is 12.2 Å². The number of carbonyl (C=O) groups excluding carboxylic acids is 1. The van der Waals surface area contributed by atoms with E-state index >= 15 is 0 Å². The number of piperidine rings is 1. The molecule has 0 saturated carbocycles. The molecule has 7 nitrogen and oxygen atoms in total. The fourth-order valence-electron chi connectivity index (χ4n) is 5.89. The quantitative estimate of drug-likeness (QED) is 0.491. The van der Waals surface area contributed by atoms with Crippen LogP contribution in [0.15, 0.2) is 68.2 Å². The van der Waals surface area contributed by atoms with Crippen LogP contribution in [0.1, 0.15) is 25.7 Å². The lowest BCUT2D eigenvalue weighted by Gasteiger charge is -2.41. The number of amides is 1. The third-order valence-electron chi connectivity index (χ3n) is 7.86. The van der Waals surface area contributed by atoms with E-state index in [1.165, 1.54) is 0 Å². The highest BCUT2D eigenvalue weighted by molar-refractivity contribution is 6.02. The van der Waals surface area contributed by atoms with Crippen LogP contribution in [-0.4, -0.2) is 99.4 Å². The van der Waals surface area contributed by atoms with Gasteiger partial charge >= 0.3 is 0 Å². The number of fused-ring (bicyclic) bond motifs is 3. The normalized spacial score (nSPS) is 26.8. The number of allylic oxidation sites excluding steroid dienone is 6. The van der Waals surface area contributed by atoms with Gasteiger partial charge in [0.05, 0.1) is 30.3 Å². The van der Waals surface area contributed by atoms with E-state index in [4.69, 9.17) is 9.73 Å². The van der Waals surface area contributed by atoms with Crippen molar-refractivity contribution in [1.82, 2.24) is 14.7 Å². The second kappa shape index (κ2) is 10.5. The number of ether oxygens (including phenoxy) is 1. The van der Waals surface area contributed by atoms with Gasteiger partial charge in [0, 0.05) is 26.0 Å². The van der Waals surface area contributed by atoms with Crippen molar-refractivity contribution >= 4 is 18.3 Å². The van der Waals surface area contributed by atoms with E-state index in [9.17, 15) is 13.6 Å². The summed E-state index contributed by atoms with van der Waals surface area (Å²) in [7, 11) is 5.88. The molecule has 1 aliphatic carbocycles. The first-order valence-corrected chi connectivity index (χ1v) is 13.0. The van der Waals surface area contributed by atoms with Crippen molar-refractivity contribution in [2.24, 2.45) is 15.4 Å². The Morgan fingerprint density at radius 3 is 2.70 bits per heavy atom. The summed E-state index contributed by atoms with van der Waals surface area (Å²) in [6.45, 7) is 2.32. The highest BCUT2D eigenvalue weighted by Gasteiger charge is 2.54. The number of hydrogen-bond donors (Lipinski definition) is 0. The zero-order valence-corrected chi connectivity index (χ0v) is 21.8. The van der Waals surface area contributed by atoms with Crippen molar-refractivity contribution in [2.75, 3.05) is 53.9 Å². The van der Waals surface area contributed by atoms with E-state index in [0.717, 1.165) is 41.0 Å². The molecule has 37 heavy (non-hydrogen) atoms. The minimum Gasteiger partial charge on any atom is -0.478 e. The van der Waals surface area contributed by atoms with Gasteiger partial charge in [0.2, 0.25) is 11.8 Å². The van der Waals surface area contributed by atoms with Gasteiger partial charge in [0.25, 0.3) is 6.43 Å². The van der Waals surface area contributed by atoms with Gasteiger partial charge in [-0.15, -0.1) is 0 Å². The summed E-state index contributed by atoms with van der Waals surface area (Å²) < 4.78 is 31.8. The maximum atomic E-state index is 13.6. The molecule has 5 rings (SSSR count). The van der Waals surface area contributed by atoms with E-state index in [1.807, 2.05) is 32.6 Å². The predicted octanol–water partition coefficient (Wildman–Crippen LogP) is 3.59. The Balaban J connectivity index is 1.37. The number of alkyl halides is 2. The zero-order chi connectivity index (χ0) is 26.2. The number of hydrogen-bond acceptors (Lipinski definition) is 6. The fourth-order valence-corrected chi connectivity index (χ4v) is 5.89. The van der Waals surface area contributed by atoms with Crippen LogP contribution in [0.4, 0.5) is 8.78 Å². The van der Waals surface area contributed by atoms with Gasteiger partial charge in [-0.3, -0.25) is 14.7 Å². The number of dihydropyridines is 1. The highest BCUT2D eigenvalue weighted by atomic mass is 19.3. The molecule has 9 heteroatoms. The average molecular weight is 512 g/mol. The molecule has 0 bridgehead atoms. The molecule has 1 atom stereocenters. The Morgan fingerprint density at radius 1 is 1.24 bits per heavy atom. The molecule has 5 aliphatic rings. The molecule has 4 heterocycles. The second-order valence-corrected chi connectivity index (χ2v) is 10.6. The second-order valence-electron chi connectivity index (χ2n) is 10.6. The monoisotopic (exact) mass is 511 g/mol. The van der Waals surface area contributed by atoms with Crippen LogP contribution >= 0.6 is 0 Å². The zero-order valence-electron chi connectivity index (χ0n) is 21.8. The lowest BCUT2D eigenvalue weighted by Crippen LogP contribution is -2.47. The van der Waals surface area contributed by atoms with Gasteiger partial charge in [0.15, 0.2) is 0 Å². The Labute approximate surface area is 217 Å². The molecule has 1 amide bonds. The maximum Gasteiger partial charge on any atom is 0.251 e. The maximum absolute atomic E-state index is 13.6. The molecule has 0 aromatic rings.